The Kier molecular flexibility index (Phi) is 6.81. The molecular formula is C17H16Br2N2O3. The van der Waals surface area contributed by atoms with Crippen LogP contribution in [0.1, 0.15) is 12.5 Å². The van der Waals surface area contributed by atoms with Crippen molar-refractivity contribution in [3.8, 4) is 11.5 Å². The number of carbonyl (C=O) groups is 1. The van der Waals surface area contributed by atoms with Crippen LogP contribution >= 0.6 is 31.9 Å². The predicted octanol–water partition coefficient (Wildman–Crippen LogP) is 4.14. The summed E-state index contributed by atoms with van der Waals surface area (Å²) in [6.45, 7) is 1.66. The third-order valence-electron chi connectivity index (χ3n) is 3.07. The average molecular weight is 456 g/mol. The molecule has 2 aromatic rings. The lowest BCUT2D eigenvalue weighted by Gasteiger charge is -2.12. The molecule has 126 valence electrons. The van der Waals surface area contributed by atoms with Gasteiger partial charge in [0.05, 0.1) is 13.3 Å². The lowest BCUT2D eigenvalue weighted by molar-refractivity contribution is -0.127. The van der Waals surface area contributed by atoms with Crippen molar-refractivity contribution in [1.82, 2.24) is 5.43 Å². The summed E-state index contributed by atoms with van der Waals surface area (Å²) >= 11 is 6.73. The summed E-state index contributed by atoms with van der Waals surface area (Å²) in [6.07, 6.45) is 0.848. The first-order chi connectivity index (χ1) is 11.5. The average Bonchev–Trinajstić information content (AvgIpc) is 2.57. The van der Waals surface area contributed by atoms with E-state index in [1.54, 1.807) is 26.2 Å². The number of hydrogen-bond donors (Lipinski definition) is 1. The van der Waals surface area contributed by atoms with Gasteiger partial charge in [0.1, 0.15) is 11.5 Å². The number of halogens is 2. The molecule has 24 heavy (non-hydrogen) atoms. The fourth-order valence-electron chi connectivity index (χ4n) is 1.83. The Balaban J connectivity index is 1.94. The monoisotopic (exact) mass is 454 g/mol. The van der Waals surface area contributed by atoms with Gasteiger partial charge in [0.15, 0.2) is 6.10 Å². The summed E-state index contributed by atoms with van der Waals surface area (Å²) in [5.41, 5.74) is 3.20. The molecule has 0 saturated carbocycles. The quantitative estimate of drug-likeness (QED) is 0.526. The highest BCUT2D eigenvalue weighted by Gasteiger charge is 2.13. The number of hydrazone groups is 1. The third kappa shape index (κ3) is 5.35. The molecule has 1 N–H and O–H groups in total. The van der Waals surface area contributed by atoms with E-state index in [1.807, 2.05) is 30.3 Å². The van der Waals surface area contributed by atoms with E-state index in [0.29, 0.717) is 11.5 Å². The third-order valence-corrected chi connectivity index (χ3v) is 4.09. The fraction of sp³-hybridized carbons (Fsp3) is 0.176. The van der Waals surface area contributed by atoms with Gasteiger partial charge in [-0.25, -0.2) is 5.43 Å². The van der Waals surface area contributed by atoms with E-state index in [-0.39, 0.29) is 5.91 Å². The summed E-state index contributed by atoms with van der Waals surface area (Å²) in [5.74, 6) is 0.928. The number of benzene rings is 2. The van der Waals surface area contributed by atoms with Crippen LogP contribution in [-0.2, 0) is 4.79 Å². The van der Waals surface area contributed by atoms with E-state index in [9.17, 15) is 4.79 Å². The molecule has 1 amide bonds. The minimum absolute atomic E-state index is 0.344. The topological polar surface area (TPSA) is 59.9 Å². The van der Waals surface area contributed by atoms with Gasteiger partial charge >= 0.3 is 0 Å². The summed E-state index contributed by atoms with van der Waals surface area (Å²) < 4.78 is 12.6. The zero-order valence-corrected chi connectivity index (χ0v) is 16.3. The highest BCUT2D eigenvalue weighted by Crippen LogP contribution is 2.21. The molecule has 0 spiro atoms. The van der Waals surface area contributed by atoms with Crippen LogP contribution in [0.25, 0.3) is 0 Å². The summed E-state index contributed by atoms with van der Waals surface area (Å²) in [7, 11) is 1.58. The summed E-state index contributed by atoms with van der Waals surface area (Å²) in [4.78, 5) is 12.0. The molecule has 1 unspecified atom stereocenters. The number of rotatable bonds is 6. The number of amides is 1. The first-order valence-corrected chi connectivity index (χ1v) is 8.67. The minimum atomic E-state index is -0.673. The molecule has 0 bridgehead atoms. The van der Waals surface area contributed by atoms with Crippen molar-refractivity contribution in [2.75, 3.05) is 7.11 Å². The summed E-state index contributed by atoms with van der Waals surface area (Å²) in [6, 6.07) is 12.8. The van der Waals surface area contributed by atoms with Crippen LogP contribution in [-0.4, -0.2) is 25.3 Å². The van der Waals surface area contributed by atoms with Crippen LogP contribution in [0.3, 0.4) is 0 Å². The van der Waals surface area contributed by atoms with Crippen LogP contribution in [0.5, 0.6) is 11.5 Å². The minimum Gasteiger partial charge on any atom is -0.496 e. The van der Waals surface area contributed by atoms with E-state index in [1.165, 1.54) is 6.21 Å². The second-order valence-electron chi connectivity index (χ2n) is 4.83. The Labute approximate surface area is 157 Å². The SMILES string of the molecule is COc1ccc(Br)cc1C=NNC(=O)C(C)Oc1ccc(Br)cc1. The van der Waals surface area contributed by atoms with Crippen molar-refractivity contribution in [3.63, 3.8) is 0 Å². The Morgan fingerprint density at radius 2 is 1.83 bits per heavy atom. The molecule has 1 atom stereocenters. The molecule has 0 aliphatic rings. The van der Waals surface area contributed by atoms with E-state index >= 15 is 0 Å². The van der Waals surface area contributed by atoms with Gasteiger partial charge in [-0.3, -0.25) is 4.79 Å². The molecule has 0 aromatic heterocycles. The zero-order chi connectivity index (χ0) is 17.5. The van der Waals surface area contributed by atoms with Crippen LogP contribution in [0.2, 0.25) is 0 Å². The Morgan fingerprint density at radius 3 is 2.50 bits per heavy atom. The molecule has 2 rings (SSSR count). The maximum Gasteiger partial charge on any atom is 0.280 e. The Morgan fingerprint density at radius 1 is 1.17 bits per heavy atom. The van der Waals surface area contributed by atoms with E-state index in [2.05, 4.69) is 42.4 Å². The van der Waals surface area contributed by atoms with Gasteiger partial charge in [0.25, 0.3) is 5.91 Å². The first-order valence-electron chi connectivity index (χ1n) is 7.08. The van der Waals surface area contributed by atoms with E-state index in [4.69, 9.17) is 9.47 Å². The molecule has 0 aliphatic heterocycles. The largest absolute Gasteiger partial charge is 0.496 e. The molecule has 0 aliphatic carbocycles. The molecule has 0 radical (unpaired) electrons. The van der Waals surface area contributed by atoms with Crippen LogP contribution in [0.4, 0.5) is 0 Å². The molecule has 0 saturated heterocycles. The van der Waals surface area contributed by atoms with Crippen molar-refractivity contribution >= 4 is 44.0 Å². The first kappa shape index (κ1) is 18.5. The van der Waals surface area contributed by atoms with Crippen molar-refractivity contribution in [2.45, 2.75) is 13.0 Å². The predicted molar refractivity (Wildman–Crippen MR) is 101 cm³/mol. The standard InChI is InChI=1S/C17H16Br2N2O3/c1-11(24-15-6-3-13(18)4-7-15)17(22)21-20-10-12-9-14(19)5-8-16(12)23-2/h3-11H,1-2H3,(H,21,22). The number of methoxy groups -OCH3 is 1. The molecule has 5 nitrogen and oxygen atoms in total. The number of ether oxygens (including phenoxy) is 2. The van der Waals surface area contributed by atoms with E-state index in [0.717, 1.165) is 14.5 Å². The van der Waals surface area contributed by atoms with Gasteiger partial charge in [-0.2, -0.15) is 5.10 Å². The van der Waals surface area contributed by atoms with Gasteiger partial charge in [-0.1, -0.05) is 31.9 Å². The maximum atomic E-state index is 12.0. The van der Waals surface area contributed by atoms with Gasteiger partial charge in [-0.05, 0) is 49.4 Å². The van der Waals surface area contributed by atoms with Gasteiger partial charge < -0.3 is 9.47 Å². The zero-order valence-electron chi connectivity index (χ0n) is 13.1. The number of nitrogens with one attached hydrogen (secondary N) is 1. The molecule has 7 heteroatoms. The smallest absolute Gasteiger partial charge is 0.280 e. The van der Waals surface area contributed by atoms with Crippen molar-refractivity contribution in [2.24, 2.45) is 5.10 Å². The van der Waals surface area contributed by atoms with Gasteiger partial charge in [-0.15, -0.1) is 0 Å². The van der Waals surface area contributed by atoms with Crippen molar-refractivity contribution in [1.29, 1.82) is 0 Å². The summed E-state index contributed by atoms with van der Waals surface area (Å²) in [5, 5.41) is 3.96. The highest BCUT2D eigenvalue weighted by atomic mass is 79.9. The van der Waals surface area contributed by atoms with Crippen LogP contribution in [0, 0.1) is 0 Å². The molecule has 2 aromatic carbocycles. The second kappa shape index (κ2) is 8.84. The number of nitrogens with zero attached hydrogens (tertiary/aromatic N) is 1. The fourth-order valence-corrected chi connectivity index (χ4v) is 2.48. The maximum absolute atomic E-state index is 12.0. The number of carbonyl (C=O) groups excluding carboxylic acids is 1. The second-order valence-corrected chi connectivity index (χ2v) is 6.67. The van der Waals surface area contributed by atoms with E-state index < -0.39 is 6.10 Å². The van der Waals surface area contributed by atoms with Gasteiger partial charge in [0, 0.05) is 14.5 Å². The Bertz CT molecular complexity index is 733. The lowest BCUT2D eigenvalue weighted by Crippen LogP contribution is -2.33. The molecule has 0 fully saturated rings. The Hall–Kier alpha value is -1.86. The van der Waals surface area contributed by atoms with Crippen LogP contribution in [0.15, 0.2) is 56.5 Å². The van der Waals surface area contributed by atoms with Crippen molar-refractivity contribution < 1.29 is 14.3 Å². The molecule has 0 heterocycles. The van der Waals surface area contributed by atoms with Crippen LogP contribution < -0.4 is 14.9 Å². The normalized spacial score (nSPS) is 12.0. The van der Waals surface area contributed by atoms with Crippen molar-refractivity contribution in [3.05, 3.63) is 57.0 Å². The lowest BCUT2D eigenvalue weighted by atomic mass is 10.2. The van der Waals surface area contributed by atoms with Gasteiger partial charge in [0.2, 0.25) is 0 Å². The number of hydrogen-bond acceptors (Lipinski definition) is 4. The highest BCUT2D eigenvalue weighted by molar-refractivity contribution is 9.10. The molecular weight excluding hydrogens is 440 g/mol.